The third-order valence-corrected chi connectivity index (χ3v) is 4.15. The molecule has 0 saturated carbocycles. The maximum absolute atomic E-state index is 12.0. The van der Waals surface area contributed by atoms with E-state index in [0.29, 0.717) is 11.3 Å². The van der Waals surface area contributed by atoms with Crippen molar-refractivity contribution in [3.05, 3.63) is 53.5 Å². The second-order valence-electron chi connectivity index (χ2n) is 4.17. The van der Waals surface area contributed by atoms with Crippen LogP contribution in [0.25, 0.3) is 0 Å². The molecule has 0 spiro atoms. The molecule has 0 unspecified atom stereocenters. The van der Waals surface area contributed by atoms with Crippen molar-refractivity contribution in [3.8, 4) is 0 Å². The highest BCUT2D eigenvalue weighted by Gasteiger charge is 2.16. The molecule has 0 radical (unpaired) electrons. The van der Waals surface area contributed by atoms with Gasteiger partial charge in [-0.15, -0.1) is 0 Å². The zero-order valence-corrected chi connectivity index (χ0v) is 11.4. The van der Waals surface area contributed by atoms with E-state index in [1.807, 2.05) is 0 Å². The first-order chi connectivity index (χ1) is 9.40. The minimum atomic E-state index is -3.81. The molecule has 0 saturated heterocycles. The fraction of sp³-hybridized carbons (Fsp3) is 0.154. The number of hydrogen-bond donors (Lipinski definition) is 1. The fourth-order valence-corrected chi connectivity index (χ4v) is 2.67. The lowest BCUT2D eigenvalue weighted by Gasteiger charge is -2.10. The van der Waals surface area contributed by atoms with Gasteiger partial charge in [-0.1, -0.05) is 6.07 Å². The van der Waals surface area contributed by atoms with E-state index in [4.69, 9.17) is 4.42 Å². The summed E-state index contributed by atoms with van der Waals surface area (Å²) in [4.78, 5) is 10.8. The molecule has 0 fully saturated rings. The van der Waals surface area contributed by atoms with Gasteiger partial charge >= 0.3 is 0 Å². The average molecular weight is 294 g/mol. The SMILES string of the molecule is Cc1ccc(S(=O)(=O)NCc2ccco2)cc1C(=O)[O-]. The van der Waals surface area contributed by atoms with Crippen LogP contribution in [0.4, 0.5) is 0 Å². The highest BCUT2D eigenvalue weighted by Crippen LogP contribution is 2.15. The van der Waals surface area contributed by atoms with Gasteiger partial charge in [-0.05, 0) is 36.8 Å². The highest BCUT2D eigenvalue weighted by molar-refractivity contribution is 7.89. The Hall–Kier alpha value is -2.12. The summed E-state index contributed by atoms with van der Waals surface area (Å²) in [5, 5.41) is 10.9. The normalized spacial score (nSPS) is 11.4. The predicted octanol–water partition coefficient (Wildman–Crippen LogP) is 0.430. The van der Waals surface area contributed by atoms with Crippen molar-refractivity contribution in [1.29, 1.82) is 0 Å². The molecule has 2 aromatic rings. The van der Waals surface area contributed by atoms with Crippen LogP contribution in [-0.4, -0.2) is 14.4 Å². The van der Waals surface area contributed by atoms with E-state index in [2.05, 4.69) is 4.72 Å². The third-order valence-electron chi connectivity index (χ3n) is 2.76. The van der Waals surface area contributed by atoms with Crippen molar-refractivity contribution in [2.45, 2.75) is 18.4 Å². The molecule has 0 bridgehead atoms. The number of furan rings is 1. The summed E-state index contributed by atoms with van der Waals surface area (Å²) >= 11 is 0. The van der Waals surface area contributed by atoms with Crippen molar-refractivity contribution >= 4 is 16.0 Å². The molecule has 0 aliphatic carbocycles. The van der Waals surface area contributed by atoms with Crippen molar-refractivity contribution in [3.63, 3.8) is 0 Å². The topological polar surface area (TPSA) is 99.4 Å². The first kappa shape index (κ1) is 14.3. The molecule has 1 heterocycles. The van der Waals surface area contributed by atoms with E-state index in [0.717, 1.165) is 6.07 Å². The average Bonchev–Trinajstić information content (AvgIpc) is 2.89. The van der Waals surface area contributed by atoms with Gasteiger partial charge < -0.3 is 14.3 Å². The van der Waals surface area contributed by atoms with Gasteiger partial charge in [0.1, 0.15) is 5.76 Å². The van der Waals surface area contributed by atoms with Gasteiger partial charge in [0, 0.05) is 5.56 Å². The van der Waals surface area contributed by atoms with Crippen LogP contribution in [0.15, 0.2) is 45.9 Å². The summed E-state index contributed by atoms with van der Waals surface area (Å²) in [5.74, 6) is -0.952. The number of sulfonamides is 1. The van der Waals surface area contributed by atoms with Crippen LogP contribution < -0.4 is 9.83 Å². The van der Waals surface area contributed by atoms with Crippen molar-refractivity contribution in [2.24, 2.45) is 0 Å². The van der Waals surface area contributed by atoms with Gasteiger partial charge in [0.2, 0.25) is 10.0 Å². The fourth-order valence-electron chi connectivity index (χ4n) is 1.65. The van der Waals surface area contributed by atoms with Crippen molar-refractivity contribution < 1.29 is 22.7 Å². The number of aromatic carboxylic acids is 1. The summed E-state index contributed by atoms with van der Waals surface area (Å²) in [6.45, 7) is 1.56. The molecule has 7 heteroatoms. The van der Waals surface area contributed by atoms with Gasteiger partial charge in [0.25, 0.3) is 0 Å². The van der Waals surface area contributed by atoms with Crippen LogP contribution in [-0.2, 0) is 16.6 Å². The minimum absolute atomic E-state index is 0.0101. The predicted molar refractivity (Wildman–Crippen MR) is 68.2 cm³/mol. The number of carbonyl (C=O) groups excluding carboxylic acids is 1. The molecule has 0 aliphatic rings. The summed E-state index contributed by atoms with van der Waals surface area (Å²) in [7, 11) is -3.81. The van der Waals surface area contributed by atoms with Crippen LogP contribution in [0.1, 0.15) is 21.7 Å². The molecule has 0 atom stereocenters. The first-order valence-corrected chi connectivity index (χ1v) is 7.22. The number of rotatable bonds is 5. The Balaban J connectivity index is 2.25. The highest BCUT2D eigenvalue weighted by atomic mass is 32.2. The Labute approximate surface area is 116 Å². The Bertz CT molecular complexity index is 719. The van der Waals surface area contributed by atoms with Gasteiger partial charge in [0.05, 0.1) is 23.7 Å². The van der Waals surface area contributed by atoms with Gasteiger partial charge in [-0.2, -0.15) is 0 Å². The molecule has 20 heavy (non-hydrogen) atoms. The molecule has 6 nitrogen and oxygen atoms in total. The van der Waals surface area contributed by atoms with Gasteiger partial charge in [-0.3, -0.25) is 0 Å². The second-order valence-corrected chi connectivity index (χ2v) is 5.94. The number of carbonyl (C=O) groups is 1. The van der Waals surface area contributed by atoms with E-state index >= 15 is 0 Å². The van der Waals surface area contributed by atoms with E-state index in [-0.39, 0.29) is 17.0 Å². The molecule has 0 aliphatic heterocycles. The molecule has 0 amide bonds. The third kappa shape index (κ3) is 3.06. The van der Waals surface area contributed by atoms with Gasteiger partial charge in [-0.25, -0.2) is 13.1 Å². The van der Waals surface area contributed by atoms with E-state index in [9.17, 15) is 18.3 Å². The van der Waals surface area contributed by atoms with Crippen molar-refractivity contribution in [1.82, 2.24) is 4.72 Å². The first-order valence-electron chi connectivity index (χ1n) is 5.74. The van der Waals surface area contributed by atoms with E-state index < -0.39 is 16.0 Å². The number of nitrogens with one attached hydrogen (secondary N) is 1. The van der Waals surface area contributed by atoms with Crippen LogP contribution in [0, 0.1) is 6.92 Å². The molecule has 1 aromatic carbocycles. The molecule has 106 valence electrons. The van der Waals surface area contributed by atoms with Crippen molar-refractivity contribution in [2.75, 3.05) is 0 Å². The molecule has 1 N–H and O–H groups in total. The molecular formula is C13H12NO5S-. The van der Waals surface area contributed by atoms with Crippen LogP contribution >= 0.6 is 0 Å². The number of carboxylic acid groups (broad SMARTS) is 1. The zero-order valence-electron chi connectivity index (χ0n) is 10.6. The Kier molecular flexibility index (Phi) is 3.91. The van der Waals surface area contributed by atoms with Gasteiger partial charge in [0.15, 0.2) is 0 Å². The molecule has 1 aromatic heterocycles. The molecular weight excluding hydrogens is 282 g/mol. The maximum atomic E-state index is 12.0. The lowest BCUT2D eigenvalue weighted by atomic mass is 10.1. The smallest absolute Gasteiger partial charge is 0.240 e. The quantitative estimate of drug-likeness (QED) is 0.862. The minimum Gasteiger partial charge on any atom is -0.545 e. The van der Waals surface area contributed by atoms with Crippen LogP contribution in [0.5, 0.6) is 0 Å². The Morgan fingerprint density at radius 1 is 1.35 bits per heavy atom. The number of hydrogen-bond acceptors (Lipinski definition) is 5. The number of benzene rings is 1. The van der Waals surface area contributed by atoms with Crippen LogP contribution in [0.2, 0.25) is 0 Å². The summed E-state index contributed by atoms with van der Waals surface area (Å²) < 4.78 is 31.4. The summed E-state index contributed by atoms with van der Waals surface area (Å²) in [6.07, 6.45) is 1.43. The Morgan fingerprint density at radius 3 is 2.70 bits per heavy atom. The van der Waals surface area contributed by atoms with E-state index in [1.165, 1.54) is 18.4 Å². The number of aryl methyl sites for hydroxylation is 1. The molecule has 2 rings (SSSR count). The Morgan fingerprint density at radius 2 is 2.10 bits per heavy atom. The lowest BCUT2D eigenvalue weighted by Crippen LogP contribution is -2.26. The monoisotopic (exact) mass is 294 g/mol. The lowest BCUT2D eigenvalue weighted by molar-refractivity contribution is -0.255. The van der Waals surface area contributed by atoms with Crippen LogP contribution in [0.3, 0.4) is 0 Å². The maximum Gasteiger partial charge on any atom is 0.240 e. The summed E-state index contributed by atoms with van der Waals surface area (Å²) in [6, 6.07) is 7.11. The standard InChI is InChI=1S/C13H13NO5S/c1-9-4-5-11(7-12(9)13(15)16)20(17,18)14-8-10-3-2-6-19-10/h2-7,14H,8H2,1H3,(H,15,16)/p-1. The number of carboxylic acids is 1. The second kappa shape index (κ2) is 5.48. The van der Waals surface area contributed by atoms with E-state index in [1.54, 1.807) is 19.1 Å². The zero-order chi connectivity index (χ0) is 14.8. The largest absolute Gasteiger partial charge is 0.545 e. The summed E-state index contributed by atoms with van der Waals surface area (Å²) in [5.41, 5.74) is 0.292.